The number of anilines is 2. The van der Waals surface area contributed by atoms with Crippen molar-refractivity contribution in [2.45, 2.75) is 33.3 Å². The SMILES string of the molecule is CCOc1cc(NNC(=O)[C@@H]2CC(=O)N(c3ccc(CC)cc3)C2)cc(Cl)c1OCc1ccccc1. The van der Waals surface area contributed by atoms with Crippen molar-refractivity contribution in [3.8, 4) is 11.5 Å². The first-order valence-electron chi connectivity index (χ1n) is 12.1. The Morgan fingerprint density at radius 2 is 1.78 bits per heavy atom. The van der Waals surface area contributed by atoms with E-state index < -0.39 is 5.92 Å². The summed E-state index contributed by atoms with van der Waals surface area (Å²) in [5.74, 6) is 0.0995. The van der Waals surface area contributed by atoms with E-state index in [1.165, 1.54) is 5.56 Å². The largest absolute Gasteiger partial charge is 0.490 e. The number of amides is 2. The zero-order valence-electron chi connectivity index (χ0n) is 20.4. The molecule has 0 aromatic heterocycles. The number of rotatable bonds is 10. The van der Waals surface area contributed by atoms with Crippen LogP contribution in [-0.2, 0) is 22.6 Å². The van der Waals surface area contributed by atoms with Gasteiger partial charge in [-0.3, -0.25) is 20.4 Å². The first kappa shape index (κ1) is 25.4. The Morgan fingerprint density at radius 1 is 1.03 bits per heavy atom. The maximum Gasteiger partial charge on any atom is 0.243 e. The van der Waals surface area contributed by atoms with Gasteiger partial charge in [-0.2, -0.15) is 0 Å². The number of halogens is 1. The van der Waals surface area contributed by atoms with Crippen molar-refractivity contribution in [2.24, 2.45) is 5.92 Å². The molecule has 1 heterocycles. The van der Waals surface area contributed by atoms with Crippen LogP contribution in [0.1, 0.15) is 31.4 Å². The van der Waals surface area contributed by atoms with E-state index >= 15 is 0 Å². The fourth-order valence-electron chi connectivity index (χ4n) is 4.05. The molecule has 0 unspecified atom stereocenters. The third-order valence-corrected chi connectivity index (χ3v) is 6.30. The van der Waals surface area contributed by atoms with Crippen LogP contribution in [-0.4, -0.2) is 25.0 Å². The van der Waals surface area contributed by atoms with Gasteiger partial charge in [0.05, 0.1) is 23.2 Å². The van der Waals surface area contributed by atoms with Crippen molar-refractivity contribution >= 4 is 34.8 Å². The quantitative estimate of drug-likeness (QED) is 0.360. The van der Waals surface area contributed by atoms with Gasteiger partial charge in [-0.15, -0.1) is 0 Å². The molecule has 7 nitrogen and oxygen atoms in total. The molecule has 36 heavy (non-hydrogen) atoms. The molecule has 0 bridgehead atoms. The zero-order valence-corrected chi connectivity index (χ0v) is 21.2. The van der Waals surface area contributed by atoms with Crippen LogP contribution < -0.4 is 25.2 Å². The highest BCUT2D eigenvalue weighted by atomic mass is 35.5. The number of hydrogen-bond acceptors (Lipinski definition) is 5. The smallest absolute Gasteiger partial charge is 0.243 e. The summed E-state index contributed by atoms with van der Waals surface area (Å²) in [6.07, 6.45) is 1.08. The van der Waals surface area contributed by atoms with Crippen molar-refractivity contribution < 1.29 is 19.1 Å². The number of nitrogens with one attached hydrogen (secondary N) is 2. The Bertz CT molecular complexity index is 1200. The van der Waals surface area contributed by atoms with Gasteiger partial charge in [-0.1, -0.05) is 61.0 Å². The van der Waals surface area contributed by atoms with E-state index in [1.54, 1.807) is 17.0 Å². The second-order valence-electron chi connectivity index (χ2n) is 8.53. The maximum atomic E-state index is 12.8. The minimum atomic E-state index is -0.467. The molecular formula is C28H30ClN3O4. The Hall–Kier alpha value is -3.71. The number of carbonyl (C=O) groups is 2. The van der Waals surface area contributed by atoms with Crippen molar-refractivity contribution in [1.82, 2.24) is 5.43 Å². The summed E-state index contributed by atoms with van der Waals surface area (Å²) in [6.45, 7) is 5.05. The van der Waals surface area contributed by atoms with Crippen molar-refractivity contribution in [1.29, 1.82) is 0 Å². The maximum absolute atomic E-state index is 12.8. The molecule has 1 fully saturated rings. The third kappa shape index (κ3) is 6.10. The van der Waals surface area contributed by atoms with Gasteiger partial charge in [0, 0.05) is 24.7 Å². The van der Waals surface area contributed by atoms with E-state index in [1.807, 2.05) is 61.5 Å². The number of carbonyl (C=O) groups excluding carboxylic acids is 2. The van der Waals surface area contributed by atoms with E-state index in [4.69, 9.17) is 21.1 Å². The standard InChI is InChI=1S/C28H30ClN3O4/c1-3-19-10-12-23(13-11-19)32-17-21(14-26(32)33)28(34)31-30-22-15-24(29)27(25(16-22)35-4-2)36-18-20-8-6-5-7-9-20/h5-13,15-16,21,30H,3-4,14,17-18H2,1-2H3,(H,31,34)/t21-/m1/s1. The van der Waals surface area contributed by atoms with E-state index in [0.29, 0.717) is 42.0 Å². The van der Waals surface area contributed by atoms with Gasteiger partial charge < -0.3 is 14.4 Å². The first-order valence-corrected chi connectivity index (χ1v) is 12.4. The number of aryl methyl sites for hydroxylation is 1. The Morgan fingerprint density at radius 3 is 2.47 bits per heavy atom. The van der Waals surface area contributed by atoms with Gasteiger partial charge in [-0.05, 0) is 42.7 Å². The molecule has 2 N–H and O–H groups in total. The Balaban J connectivity index is 1.38. The van der Waals surface area contributed by atoms with E-state index in [0.717, 1.165) is 17.7 Å². The highest BCUT2D eigenvalue weighted by Gasteiger charge is 2.35. The predicted molar refractivity (Wildman–Crippen MR) is 141 cm³/mol. The molecule has 1 aliphatic rings. The van der Waals surface area contributed by atoms with Gasteiger partial charge in [0.1, 0.15) is 6.61 Å². The van der Waals surface area contributed by atoms with E-state index in [9.17, 15) is 9.59 Å². The predicted octanol–water partition coefficient (Wildman–Crippen LogP) is 5.38. The molecule has 8 heteroatoms. The van der Waals surface area contributed by atoms with Gasteiger partial charge in [-0.25, -0.2) is 0 Å². The molecule has 3 aromatic rings. The summed E-state index contributed by atoms with van der Waals surface area (Å²) in [5.41, 5.74) is 9.15. The second-order valence-corrected chi connectivity index (χ2v) is 8.94. The molecule has 4 rings (SSSR count). The first-order chi connectivity index (χ1) is 17.5. The normalized spacial score (nSPS) is 15.0. The highest BCUT2D eigenvalue weighted by molar-refractivity contribution is 6.32. The molecule has 1 atom stereocenters. The molecule has 3 aromatic carbocycles. The fraction of sp³-hybridized carbons (Fsp3) is 0.286. The van der Waals surface area contributed by atoms with Crippen LogP contribution in [0.2, 0.25) is 5.02 Å². The lowest BCUT2D eigenvalue weighted by Crippen LogP contribution is -2.36. The summed E-state index contributed by atoms with van der Waals surface area (Å²) >= 11 is 6.50. The zero-order chi connectivity index (χ0) is 25.5. The van der Waals surface area contributed by atoms with Crippen molar-refractivity contribution in [3.63, 3.8) is 0 Å². The molecule has 0 spiro atoms. The van der Waals surface area contributed by atoms with Crippen LogP contribution in [0, 0.1) is 5.92 Å². The Kier molecular flexibility index (Phi) is 8.33. The number of hydrazine groups is 1. The minimum Gasteiger partial charge on any atom is -0.490 e. The van der Waals surface area contributed by atoms with Crippen LogP contribution in [0.15, 0.2) is 66.7 Å². The highest BCUT2D eigenvalue weighted by Crippen LogP contribution is 2.39. The molecule has 1 saturated heterocycles. The second kappa shape index (κ2) is 11.8. The topological polar surface area (TPSA) is 79.9 Å². The lowest BCUT2D eigenvalue weighted by atomic mass is 10.1. The van der Waals surface area contributed by atoms with Crippen molar-refractivity contribution in [2.75, 3.05) is 23.5 Å². The van der Waals surface area contributed by atoms with Crippen LogP contribution in [0.5, 0.6) is 11.5 Å². The molecule has 0 radical (unpaired) electrons. The lowest BCUT2D eigenvalue weighted by Gasteiger charge is -2.18. The number of benzene rings is 3. The third-order valence-electron chi connectivity index (χ3n) is 6.02. The summed E-state index contributed by atoms with van der Waals surface area (Å²) in [6, 6.07) is 21.0. The fourth-order valence-corrected chi connectivity index (χ4v) is 4.32. The summed E-state index contributed by atoms with van der Waals surface area (Å²) in [7, 11) is 0. The van der Waals surface area contributed by atoms with Crippen LogP contribution in [0.3, 0.4) is 0 Å². The monoisotopic (exact) mass is 507 g/mol. The van der Waals surface area contributed by atoms with Crippen molar-refractivity contribution in [3.05, 3.63) is 82.9 Å². The Labute approximate surface area is 216 Å². The van der Waals surface area contributed by atoms with Crippen LogP contribution >= 0.6 is 11.6 Å². The number of hydrogen-bond donors (Lipinski definition) is 2. The molecule has 1 aliphatic heterocycles. The lowest BCUT2D eigenvalue weighted by molar-refractivity contribution is -0.125. The number of ether oxygens (including phenoxy) is 2. The van der Waals surface area contributed by atoms with E-state index in [2.05, 4.69) is 17.8 Å². The number of nitrogens with zero attached hydrogens (tertiary/aromatic N) is 1. The molecular weight excluding hydrogens is 478 g/mol. The molecule has 2 amide bonds. The van der Waals surface area contributed by atoms with Gasteiger partial charge in [0.2, 0.25) is 11.8 Å². The van der Waals surface area contributed by atoms with Gasteiger partial charge in [0.25, 0.3) is 0 Å². The van der Waals surface area contributed by atoms with Crippen LogP contribution in [0.4, 0.5) is 11.4 Å². The summed E-state index contributed by atoms with van der Waals surface area (Å²) < 4.78 is 11.7. The molecule has 0 saturated carbocycles. The van der Waals surface area contributed by atoms with Gasteiger partial charge in [0.15, 0.2) is 11.5 Å². The summed E-state index contributed by atoms with van der Waals surface area (Å²) in [5, 5.41) is 0.353. The summed E-state index contributed by atoms with van der Waals surface area (Å²) in [4.78, 5) is 27.0. The van der Waals surface area contributed by atoms with Gasteiger partial charge >= 0.3 is 0 Å². The molecule has 0 aliphatic carbocycles. The van der Waals surface area contributed by atoms with E-state index in [-0.39, 0.29) is 18.2 Å². The molecule has 188 valence electrons. The minimum absolute atomic E-state index is 0.0685. The average molecular weight is 508 g/mol. The average Bonchev–Trinajstić information content (AvgIpc) is 3.29. The van der Waals surface area contributed by atoms with Crippen LogP contribution in [0.25, 0.3) is 0 Å².